The molecule has 0 fully saturated rings. The third kappa shape index (κ3) is 3.60. The summed E-state index contributed by atoms with van der Waals surface area (Å²) < 4.78 is 25.2. The summed E-state index contributed by atoms with van der Waals surface area (Å²) in [5.74, 6) is -0.547. The lowest BCUT2D eigenvalue weighted by Gasteiger charge is -2.06. The number of rotatable bonds is 6. The smallest absolute Gasteiger partial charge is 0.319 e. The Morgan fingerprint density at radius 1 is 1.73 bits per heavy atom. The van der Waals surface area contributed by atoms with Gasteiger partial charge < -0.3 is 5.73 Å². The van der Waals surface area contributed by atoms with Crippen LogP contribution in [0.5, 0.6) is 0 Å². The lowest BCUT2D eigenvalue weighted by Crippen LogP contribution is -2.25. The van der Waals surface area contributed by atoms with Crippen molar-refractivity contribution in [3.8, 4) is 0 Å². The zero-order valence-corrected chi connectivity index (χ0v) is 7.69. The number of aromatic nitrogens is 2. The van der Waals surface area contributed by atoms with E-state index in [-0.39, 0.29) is 19.0 Å². The van der Waals surface area contributed by atoms with Gasteiger partial charge in [0.1, 0.15) is 12.4 Å². The molecule has 0 bridgehead atoms. The molecule has 8 heteroatoms. The third-order valence-corrected chi connectivity index (χ3v) is 1.51. The molecule has 0 aliphatic carbocycles. The largest absolute Gasteiger partial charge is 0.368 e. The molecule has 1 aromatic rings. The van der Waals surface area contributed by atoms with Crippen LogP contribution in [0.25, 0.3) is 0 Å². The number of carbonyl (C=O) groups excluding carboxylic acids is 1. The highest BCUT2D eigenvalue weighted by atomic mass is 19.3. The van der Waals surface area contributed by atoms with E-state index in [1.165, 1.54) is 6.20 Å². The summed E-state index contributed by atoms with van der Waals surface area (Å²) in [7, 11) is 0. The molecular formula is C7H10F2N4O2. The first-order chi connectivity index (χ1) is 7.11. The van der Waals surface area contributed by atoms with Crippen LogP contribution in [0.15, 0.2) is 12.4 Å². The fraction of sp³-hybridized carbons (Fsp3) is 0.429. The second kappa shape index (κ2) is 5.37. The lowest BCUT2D eigenvalue weighted by atomic mass is 10.6. The Balaban J connectivity index is 2.37. The van der Waals surface area contributed by atoms with Gasteiger partial charge in [-0.15, -0.1) is 0 Å². The number of hydrogen-bond acceptors (Lipinski definition) is 4. The minimum Gasteiger partial charge on any atom is -0.368 e. The number of nitrogens with one attached hydrogen (secondary N) is 1. The van der Waals surface area contributed by atoms with Gasteiger partial charge in [0.05, 0.1) is 6.54 Å². The summed E-state index contributed by atoms with van der Waals surface area (Å²) in [6, 6.07) is 0. The van der Waals surface area contributed by atoms with Crippen molar-refractivity contribution in [3.63, 3.8) is 0 Å². The maximum Gasteiger partial charge on any atom is 0.319 e. The number of alkyl halides is 2. The van der Waals surface area contributed by atoms with Crippen molar-refractivity contribution in [3.05, 3.63) is 18.2 Å². The third-order valence-electron chi connectivity index (χ3n) is 1.51. The van der Waals surface area contributed by atoms with E-state index in [9.17, 15) is 13.6 Å². The van der Waals surface area contributed by atoms with Gasteiger partial charge in [0.25, 0.3) is 0 Å². The van der Waals surface area contributed by atoms with Crippen LogP contribution in [0.4, 0.5) is 8.78 Å². The highest BCUT2D eigenvalue weighted by Gasteiger charge is 2.10. The van der Waals surface area contributed by atoms with Crippen molar-refractivity contribution in [1.29, 1.82) is 0 Å². The molecule has 0 saturated heterocycles. The zero-order chi connectivity index (χ0) is 11.3. The maximum atomic E-state index is 12.3. The van der Waals surface area contributed by atoms with Crippen molar-refractivity contribution in [1.82, 2.24) is 15.0 Å². The molecular weight excluding hydrogens is 210 g/mol. The SMILES string of the molecule is NC(=O)CONCc1nccn1C(F)F. The van der Waals surface area contributed by atoms with Gasteiger partial charge in [0, 0.05) is 12.4 Å². The van der Waals surface area contributed by atoms with E-state index < -0.39 is 12.5 Å². The first-order valence-electron chi connectivity index (χ1n) is 4.04. The second-order valence-electron chi connectivity index (χ2n) is 2.60. The molecule has 1 amide bonds. The standard InChI is InChI=1S/C7H10F2N4O2/c8-7(9)13-2-1-11-6(13)3-12-15-4-5(10)14/h1-2,7,12H,3-4H2,(H2,10,14). The number of hydroxylamine groups is 1. The minimum absolute atomic E-state index is 0.0371. The van der Waals surface area contributed by atoms with Gasteiger partial charge in [-0.3, -0.25) is 14.2 Å². The maximum absolute atomic E-state index is 12.3. The molecule has 1 aromatic heterocycles. The minimum atomic E-state index is -2.65. The molecule has 0 aliphatic heterocycles. The molecule has 1 rings (SSSR count). The Kier molecular flexibility index (Phi) is 4.13. The molecule has 0 aliphatic rings. The van der Waals surface area contributed by atoms with Crippen molar-refractivity contribution < 1.29 is 18.4 Å². The Bertz CT molecular complexity index is 329. The van der Waals surface area contributed by atoms with Gasteiger partial charge in [-0.1, -0.05) is 0 Å². The number of nitrogens with two attached hydrogens (primary N) is 1. The summed E-state index contributed by atoms with van der Waals surface area (Å²) >= 11 is 0. The van der Waals surface area contributed by atoms with Crippen LogP contribution in [0.2, 0.25) is 0 Å². The monoisotopic (exact) mass is 220 g/mol. The van der Waals surface area contributed by atoms with Crippen LogP contribution in [0.1, 0.15) is 12.4 Å². The van der Waals surface area contributed by atoms with Crippen LogP contribution in [-0.4, -0.2) is 22.1 Å². The first kappa shape index (κ1) is 11.5. The molecule has 0 radical (unpaired) electrons. The van der Waals surface area contributed by atoms with Gasteiger partial charge in [-0.05, 0) is 0 Å². The molecule has 84 valence electrons. The average molecular weight is 220 g/mol. The number of primary amides is 1. The van der Waals surface area contributed by atoms with Crippen LogP contribution in [-0.2, 0) is 16.2 Å². The summed E-state index contributed by atoms with van der Waals surface area (Å²) in [6.45, 7) is -3.01. The lowest BCUT2D eigenvalue weighted by molar-refractivity contribution is -0.125. The molecule has 15 heavy (non-hydrogen) atoms. The molecule has 0 aromatic carbocycles. The molecule has 0 unspecified atom stereocenters. The highest BCUT2D eigenvalue weighted by molar-refractivity contribution is 5.74. The molecule has 0 spiro atoms. The van der Waals surface area contributed by atoms with E-state index in [1.807, 2.05) is 0 Å². The number of halogens is 2. The Morgan fingerprint density at radius 3 is 3.07 bits per heavy atom. The van der Waals surface area contributed by atoms with Gasteiger partial charge in [-0.25, -0.2) is 4.98 Å². The summed E-state index contributed by atoms with van der Waals surface area (Å²) in [5.41, 5.74) is 7.08. The predicted octanol–water partition coefficient (Wildman–Crippen LogP) is -0.215. The van der Waals surface area contributed by atoms with Crippen molar-refractivity contribution in [2.24, 2.45) is 5.73 Å². The van der Waals surface area contributed by atoms with Crippen LogP contribution in [0.3, 0.4) is 0 Å². The van der Waals surface area contributed by atoms with Crippen LogP contribution >= 0.6 is 0 Å². The Labute approximate surface area is 84.0 Å². The molecule has 6 nitrogen and oxygen atoms in total. The summed E-state index contributed by atoms with van der Waals surface area (Å²) in [5, 5.41) is 0. The quantitative estimate of drug-likeness (QED) is 0.513. The Hall–Kier alpha value is -1.54. The summed E-state index contributed by atoms with van der Waals surface area (Å²) in [4.78, 5) is 18.5. The van der Waals surface area contributed by atoms with Gasteiger partial charge >= 0.3 is 6.55 Å². The molecule has 3 N–H and O–H groups in total. The topological polar surface area (TPSA) is 82.2 Å². The highest BCUT2D eigenvalue weighted by Crippen LogP contribution is 2.11. The van der Waals surface area contributed by atoms with Crippen molar-refractivity contribution >= 4 is 5.91 Å². The number of imidazole rings is 1. The average Bonchev–Trinajstić information content (AvgIpc) is 2.60. The number of nitrogens with zero attached hydrogens (tertiary/aromatic N) is 2. The van der Waals surface area contributed by atoms with E-state index in [2.05, 4.69) is 15.3 Å². The first-order valence-corrected chi connectivity index (χ1v) is 4.04. The molecule has 1 heterocycles. The number of amides is 1. The predicted molar refractivity (Wildman–Crippen MR) is 45.5 cm³/mol. The summed E-state index contributed by atoms with van der Waals surface area (Å²) in [6.07, 6.45) is 2.40. The molecule has 0 atom stereocenters. The van der Waals surface area contributed by atoms with Crippen LogP contribution < -0.4 is 11.2 Å². The second-order valence-corrected chi connectivity index (χ2v) is 2.60. The van der Waals surface area contributed by atoms with Crippen LogP contribution in [0, 0.1) is 0 Å². The van der Waals surface area contributed by atoms with E-state index in [0.717, 1.165) is 6.20 Å². The van der Waals surface area contributed by atoms with Gasteiger partial charge in [-0.2, -0.15) is 14.3 Å². The molecule has 0 saturated carbocycles. The zero-order valence-electron chi connectivity index (χ0n) is 7.69. The van der Waals surface area contributed by atoms with Crippen molar-refractivity contribution in [2.75, 3.05) is 6.61 Å². The van der Waals surface area contributed by atoms with Gasteiger partial charge in [0.15, 0.2) is 0 Å². The van der Waals surface area contributed by atoms with E-state index >= 15 is 0 Å². The van der Waals surface area contributed by atoms with E-state index in [4.69, 9.17) is 5.73 Å². The Morgan fingerprint density at radius 2 is 2.47 bits per heavy atom. The fourth-order valence-corrected chi connectivity index (χ4v) is 0.896. The van der Waals surface area contributed by atoms with E-state index in [1.54, 1.807) is 0 Å². The normalized spacial score (nSPS) is 10.9. The number of carbonyl (C=O) groups is 1. The van der Waals surface area contributed by atoms with Gasteiger partial charge in [0.2, 0.25) is 5.91 Å². The van der Waals surface area contributed by atoms with E-state index in [0.29, 0.717) is 4.57 Å². The number of hydrogen-bond donors (Lipinski definition) is 2. The fourth-order valence-electron chi connectivity index (χ4n) is 0.896. The van der Waals surface area contributed by atoms with Crippen molar-refractivity contribution in [2.45, 2.75) is 13.1 Å².